The van der Waals surface area contributed by atoms with Crippen LogP contribution in [-0.4, -0.2) is 41.1 Å². The van der Waals surface area contributed by atoms with Crippen LogP contribution in [0.15, 0.2) is 35.5 Å². The summed E-state index contributed by atoms with van der Waals surface area (Å²) >= 11 is 0. The molecule has 0 aromatic carbocycles. The molecule has 7 heteroatoms. The molecule has 2 aromatic rings. The quantitative estimate of drug-likeness (QED) is 0.822. The minimum atomic E-state index is -0.142. The van der Waals surface area contributed by atoms with Crippen LogP contribution in [0.5, 0.6) is 0 Å². The first kappa shape index (κ1) is 13.6. The van der Waals surface area contributed by atoms with Crippen LogP contribution in [0.2, 0.25) is 0 Å². The van der Waals surface area contributed by atoms with E-state index in [1.165, 1.54) is 0 Å². The van der Waals surface area contributed by atoms with E-state index in [0.717, 1.165) is 37.6 Å². The lowest BCUT2D eigenvalue weighted by atomic mass is 10.2. The molecule has 0 amide bonds. The molecule has 0 radical (unpaired) electrons. The highest BCUT2D eigenvalue weighted by Crippen LogP contribution is 2.15. The molecule has 2 aromatic heterocycles. The van der Waals surface area contributed by atoms with Crippen LogP contribution in [0.25, 0.3) is 0 Å². The van der Waals surface area contributed by atoms with Crippen LogP contribution in [0.4, 0.5) is 11.6 Å². The molecule has 0 saturated carbocycles. The number of piperazine rings is 1. The van der Waals surface area contributed by atoms with Crippen LogP contribution in [0.3, 0.4) is 0 Å². The largest absolute Gasteiger partial charge is 0.353 e. The van der Waals surface area contributed by atoms with Crippen molar-refractivity contribution in [1.29, 1.82) is 0 Å². The zero-order valence-electron chi connectivity index (χ0n) is 11.7. The fraction of sp³-hybridized carbons (Fsp3) is 0.357. The van der Waals surface area contributed by atoms with Gasteiger partial charge < -0.3 is 20.5 Å². The van der Waals surface area contributed by atoms with Crippen LogP contribution in [0, 0.1) is 0 Å². The van der Waals surface area contributed by atoms with Gasteiger partial charge in [0.1, 0.15) is 5.82 Å². The van der Waals surface area contributed by atoms with E-state index in [-0.39, 0.29) is 5.56 Å². The predicted molar refractivity (Wildman–Crippen MR) is 81.4 cm³/mol. The van der Waals surface area contributed by atoms with Gasteiger partial charge >= 0.3 is 0 Å². The third-order valence-electron chi connectivity index (χ3n) is 3.64. The number of aromatic amines is 1. The lowest BCUT2D eigenvalue weighted by molar-refractivity contribution is 0.638. The number of rotatable bonds is 3. The van der Waals surface area contributed by atoms with E-state index in [4.69, 9.17) is 5.73 Å². The van der Waals surface area contributed by atoms with E-state index >= 15 is 0 Å². The van der Waals surface area contributed by atoms with E-state index in [1.54, 1.807) is 12.4 Å². The third-order valence-corrected chi connectivity index (χ3v) is 3.64. The maximum Gasteiger partial charge on any atom is 0.290 e. The van der Waals surface area contributed by atoms with Gasteiger partial charge in [-0.1, -0.05) is 6.07 Å². The molecule has 0 bridgehead atoms. The Morgan fingerprint density at radius 3 is 2.52 bits per heavy atom. The number of hydrogen-bond acceptors (Lipinski definition) is 6. The zero-order valence-corrected chi connectivity index (χ0v) is 11.7. The molecular formula is C14H18N6O. The Kier molecular flexibility index (Phi) is 3.83. The molecule has 110 valence electrons. The van der Waals surface area contributed by atoms with Gasteiger partial charge in [-0.15, -0.1) is 0 Å². The van der Waals surface area contributed by atoms with Crippen LogP contribution >= 0.6 is 0 Å². The van der Waals surface area contributed by atoms with Crippen molar-refractivity contribution in [2.45, 2.75) is 6.54 Å². The Hall–Kier alpha value is -2.41. The molecule has 1 aliphatic rings. The van der Waals surface area contributed by atoms with Gasteiger partial charge in [-0.3, -0.25) is 4.79 Å². The highest BCUT2D eigenvalue weighted by molar-refractivity contribution is 5.44. The Morgan fingerprint density at radius 1 is 1.14 bits per heavy atom. The Morgan fingerprint density at radius 2 is 1.90 bits per heavy atom. The van der Waals surface area contributed by atoms with E-state index in [0.29, 0.717) is 12.4 Å². The van der Waals surface area contributed by atoms with Gasteiger partial charge in [-0.2, -0.15) is 0 Å². The summed E-state index contributed by atoms with van der Waals surface area (Å²) in [6, 6.07) is 3.99. The molecule has 7 nitrogen and oxygen atoms in total. The van der Waals surface area contributed by atoms with Crippen LogP contribution in [0.1, 0.15) is 5.56 Å². The van der Waals surface area contributed by atoms with Crippen molar-refractivity contribution >= 4 is 11.6 Å². The SMILES string of the molecule is NCc1ccc(N2CCN(c3ncc[nH]c3=O)CC2)nc1. The summed E-state index contributed by atoms with van der Waals surface area (Å²) < 4.78 is 0. The Labute approximate surface area is 122 Å². The van der Waals surface area contributed by atoms with Gasteiger partial charge in [-0.25, -0.2) is 9.97 Å². The topological polar surface area (TPSA) is 91.1 Å². The molecular weight excluding hydrogens is 268 g/mol. The lowest BCUT2D eigenvalue weighted by Gasteiger charge is -2.35. The minimum absolute atomic E-state index is 0.142. The summed E-state index contributed by atoms with van der Waals surface area (Å²) in [7, 11) is 0. The number of hydrogen-bond donors (Lipinski definition) is 2. The molecule has 3 rings (SSSR count). The van der Waals surface area contributed by atoms with E-state index in [1.807, 2.05) is 23.2 Å². The third kappa shape index (κ3) is 2.87. The average Bonchev–Trinajstić information content (AvgIpc) is 2.56. The molecule has 1 saturated heterocycles. The van der Waals surface area contributed by atoms with Crippen molar-refractivity contribution in [3.63, 3.8) is 0 Å². The van der Waals surface area contributed by atoms with E-state index in [9.17, 15) is 4.79 Å². The Bertz CT molecular complexity index is 645. The predicted octanol–water partition coefficient (Wildman–Crippen LogP) is -0.0498. The summed E-state index contributed by atoms with van der Waals surface area (Å²) in [5, 5.41) is 0. The number of pyridine rings is 1. The number of anilines is 2. The fourth-order valence-corrected chi connectivity index (χ4v) is 2.44. The van der Waals surface area contributed by atoms with E-state index in [2.05, 4.69) is 19.9 Å². The number of nitrogens with two attached hydrogens (primary N) is 1. The van der Waals surface area contributed by atoms with Gasteiger partial charge in [-0.05, 0) is 11.6 Å². The normalized spacial score (nSPS) is 15.3. The van der Waals surface area contributed by atoms with Gasteiger partial charge in [0, 0.05) is 51.3 Å². The van der Waals surface area contributed by atoms with Gasteiger partial charge in [0.05, 0.1) is 0 Å². The van der Waals surface area contributed by atoms with Gasteiger partial charge in [0.2, 0.25) is 0 Å². The van der Waals surface area contributed by atoms with Gasteiger partial charge in [0.25, 0.3) is 5.56 Å². The maximum atomic E-state index is 11.7. The maximum absolute atomic E-state index is 11.7. The Balaban J connectivity index is 1.67. The van der Waals surface area contributed by atoms with Crippen molar-refractivity contribution in [2.75, 3.05) is 36.0 Å². The van der Waals surface area contributed by atoms with Crippen molar-refractivity contribution in [2.24, 2.45) is 5.73 Å². The molecule has 21 heavy (non-hydrogen) atoms. The number of nitrogens with one attached hydrogen (secondary N) is 1. The van der Waals surface area contributed by atoms with Crippen molar-refractivity contribution in [3.8, 4) is 0 Å². The monoisotopic (exact) mass is 286 g/mol. The van der Waals surface area contributed by atoms with Crippen molar-refractivity contribution in [3.05, 3.63) is 46.6 Å². The lowest BCUT2D eigenvalue weighted by Crippen LogP contribution is -2.48. The first-order valence-corrected chi connectivity index (χ1v) is 6.96. The van der Waals surface area contributed by atoms with E-state index < -0.39 is 0 Å². The fourth-order valence-electron chi connectivity index (χ4n) is 2.44. The second-order valence-electron chi connectivity index (χ2n) is 4.94. The van der Waals surface area contributed by atoms with Crippen LogP contribution < -0.4 is 21.1 Å². The number of nitrogens with zero attached hydrogens (tertiary/aromatic N) is 4. The molecule has 0 atom stereocenters. The first-order valence-electron chi connectivity index (χ1n) is 6.96. The standard InChI is InChI=1S/C14H18N6O/c15-9-11-1-2-12(18-10-11)19-5-7-20(8-6-19)13-14(21)17-4-3-16-13/h1-4,10H,5-9,15H2,(H,17,21). The highest BCUT2D eigenvalue weighted by atomic mass is 16.1. The number of aromatic nitrogens is 3. The second-order valence-corrected chi connectivity index (χ2v) is 4.94. The molecule has 1 fully saturated rings. The summed E-state index contributed by atoms with van der Waals surface area (Å²) in [4.78, 5) is 27.2. The zero-order chi connectivity index (χ0) is 14.7. The molecule has 0 aliphatic carbocycles. The highest BCUT2D eigenvalue weighted by Gasteiger charge is 2.20. The molecule has 1 aliphatic heterocycles. The van der Waals surface area contributed by atoms with Crippen molar-refractivity contribution in [1.82, 2.24) is 15.0 Å². The smallest absolute Gasteiger partial charge is 0.290 e. The van der Waals surface area contributed by atoms with Gasteiger partial charge in [0.15, 0.2) is 5.82 Å². The summed E-state index contributed by atoms with van der Waals surface area (Å²) in [5.41, 5.74) is 6.46. The molecule has 0 spiro atoms. The average molecular weight is 286 g/mol. The summed E-state index contributed by atoms with van der Waals surface area (Å²) in [6.07, 6.45) is 4.96. The van der Waals surface area contributed by atoms with Crippen molar-refractivity contribution < 1.29 is 0 Å². The molecule has 0 unspecified atom stereocenters. The van der Waals surface area contributed by atoms with Crippen LogP contribution in [-0.2, 0) is 6.54 Å². The summed E-state index contributed by atoms with van der Waals surface area (Å²) in [5.74, 6) is 1.44. The first-order chi connectivity index (χ1) is 10.3. The summed E-state index contributed by atoms with van der Waals surface area (Å²) in [6.45, 7) is 3.63. The second kappa shape index (κ2) is 5.92. The minimum Gasteiger partial charge on any atom is -0.353 e. The number of H-pyrrole nitrogens is 1. The molecule has 3 N–H and O–H groups in total. The molecule has 3 heterocycles.